The van der Waals surface area contributed by atoms with Crippen molar-refractivity contribution >= 4 is 29.8 Å². The first kappa shape index (κ1) is 13.7. The van der Waals surface area contributed by atoms with Crippen molar-refractivity contribution in [3.63, 3.8) is 0 Å². The van der Waals surface area contributed by atoms with E-state index in [9.17, 15) is 0 Å². The molecular weight excluding hydrogens is 304 g/mol. The van der Waals surface area contributed by atoms with Gasteiger partial charge in [-0.15, -0.1) is 11.3 Å². The Hall–Kier alpha value is -2.25. The number of para-hydroxylation sites is 1. The fraction of sp³-hybridized carbons (Fsp3) is 0.0714. The van der Waals surface area contributed by atoms with Gasteiger partial charge in [-0.2, -0.15) is 14.9 Å². The van der Waals surface area contributed by atoms with Crippen LogP contribution in [0.5, 0.6) is 5.75 Å². The summed E-state index contributed by atoms with van der Waals surface area (Å²) < 4.78 is 7.39. The molecule has 0 unspecified atom stereocenters. The van der Waals surface area contributed by atoms with Crippen molar-refractivity contribution in [1.82, 2.24) is 14.9 Å². The fourth-order valence-electron chi connectivity index (χ4n) is 1.88. The maximum absolute atomic E-state index is 5.36. The number of thiophene rings is 1. The predicted octanol–water partition coefficient (Wildman–Crippen LogP) is 3.56. The van der Waals surface area contributed by atoms with Crippen molar-refractivity contribution in [1.29, 1.82) is 0 Å². The molecule has 2 heterocycles. The molecule has 0 radical (unpaired) electrons. The molecule has 5 nitrogen and oxygen atoms in total. The van der Waals surface area contributed by atoms with E-state index in [4.69, 9.17) is 17.0 Å². The summed E-state index contributed by atoms with van der Waals surface area (Å²) in [7, 11) is 1.62. The summed E-state index contributed by atoms with van der Waals surface area (Å²) in [6.07, 6.45) is 1.76. The lowest BCUT2D eigenvalue weighted by Gasteiger charge is -2.06. The van der Waals surface area contributed by atoms with E-state index >= 15 is 0 Å². The molecule has 1 N–H and O–H groups in total. The molecule has 0 amide bonds. The third-order valence-corrected chi connectivity index (χ3v) is 3.91. The quantitative estimate of drug-likeness (QED) is 0.591. The Balaban J connectivity index is 2.07. The smallest absolute Gasteiger partial charge is 0.216 e. The molecule has 0 atom stereocenters. The zero-order valence-corrected chi connectivity index (χ0v) is 12.8. The number of hydrogen-bond donors (Lipinski definition) is 1. The SMILES string of the molecule is COc1ccccc1-c1n[nH]c(=S)n1/N=C/c1cccs1. The van der Waals surface area contributed by atoms with Gasteiger partial charge in [-0.1, -0.05) is 18.2 Å². The molecule has 3 aromatic rings. The summed E-state index contributed by atoms with van der Waals surface area (Å²) in [5.41, 5.74) is 0.829. The molecule has 1 aromatic carbocycles. The number of rotatable bonds is 4. The van der Waals surface area contributed by atoms with Crippen LogP contribution in [0.3, 0.4) is 0 Å². The highest BCUT2D eigenvalue weighted by Gasteiger charge is 2.12. The molecule has 2 aromatic heterocycles. The predicted molar refractivity (Wildman–Crippen MR) is 86.7 cm³/mol. The number of methoxy groups -OCH3 is 1. The lowest BCUT2D eigenvalue weighted by atomic mass is 10.2. The Bertz CT molecular complexity index is 818. The Morgan fingerprint density at radius 3 is 2.95 bits per heavy atom. The van der Waals surface area contributed by atoms with Gasteiger partial charge in [0.1, 0.15) is 5.75 Å². The zero-order chi connectivity index (χ0) is 14.7. The number of ether oxygens (including phenoxy) is 1. The molecule has 0 fully saturated rings. The number of hydrogen-bond acceptors (Lipinski definition) is 5. The van der Waals surface area contributed by atoms with Gasteiger partial charge in [0.2, 0.25) is 4.77 Å². The number of H-pyrrole nitrogens is 1. The summed E-state index contributed by atoms with van der Waals surface area (Å²) in [4.78, 5) is 1.05. The average molecular weight is 316 g/mol. The van der Waals surface area contributed by atoms with Gasteiger partial charge in [0.15, 0.2) is 5.82 Å². The van der Waals surface area contributed by atoms with E-state index < -0.39 is 0 Å². The Morgan fingerprint density at radius 2 is 2.19 bits per heavy atom. The van der Waals surface area contributed by atoms with Crippen LogP contribution in [-0.2, 0) is 0 Å². The molecule has 0 saturated carbocycles. The molecule has 0 aliphatic heterocycles. The first-order chi connectivity index (χ1) is 10.3. The molecule has 3 rings (SSSR count). The van der Waals surface area contributed by atoms with Crippen LogP contribution >= 0.6 is 23.6 Å². The van der Waals surface area contributed by atoms with Crippen molar-refractivity contribution < 1.29 is 4.74 Å². The molecule has 21 heavy (non-hydrogen) atoms. The van der Waals surface area contributed by atoms with Crippen molar-refractivity contribution in [2.45, 2.75) is 0 Å². The van der Waals surface area contributed by atoms with Crippen molar-refractivity contribution in [3.8, 4) is 17.1 Å². The highest BCUT2D eigenvalue weighted by atomic mass is 32.1. The van der Waals surface area contributed by atoms with Gasteiger partial charge < -0.3 is 4.74 Å². The fourth-order valence-corrected chi connectivity index (χ4v) is 2.64. The van der Waals surface area contributed by atoms with Gasteiger partial charge in [0.05, 0.1) is 18.9 Å². The maximum atomic E-state index is 5.36. The van der Waals surface area contributed by atoms with E-state index in [1.807, 2.05) is 41.8 Å². The van der Waals surface area contributed by atoms with Crippen LogP contribution in [0.15, 0.2) is 46.9 Å². The number of nitrogens with one attached hydrogen (secondary N) is 1. The van der Waals surface area contributed by atoms with Crippen molar-refractivity contribution in [3.05, 3.63) is 51.4 Å². The van der Waals surface area contributed by atoms with E-state index in [0.29, 0.717) is 10.6 Å². The Labute approximate surface area is 130 Å². The van der Waals surface area contributed by atoms with E-state index in [1.54, 1.807) is 29.3 Å². The summed E-state index contributed by atoms with van der Waals surface area (Å²) >= 11 is 6.85. The third-order valence-electron chi connectivity index (χ3n) is 2.84. The van der Waals surface area contributed by atoms with Crippen LogP contribution in [0.1, 0.15) is 4.88 Å². The number of benzene rings is 1. The molecule has 0 aliphatic rings. The van der Waals surface area contributed by atoms with E-state index in [-0.39, 0.29) is 0 Å². The van der Waals surface area contributed by atoms with Crippen molar-refractivity contribution in [2.75, 3.05) is 7.11 Å². The molecular formula is C14H12N4OS2. The minimum absolute atomic E-state index is 0.434. The molecule has 106 valence electrons. The molecule has 0 spiro atoms. The van der Waals surface area contributed by atoms with Gasteiger partial charge in [0.25, 0.3) is 0 Å². The second kappa shape index (κ2) is 6.02. The molecule has 7 heteroatoms. The Morgan fingerprint density at radius 1 is 1.33 bits per heavy atom. The molecule has 0 aliphatic carbocycles. The summed E-state index contributed by atoms with van der Waals surface area (Å²) in [5, 5.41) is 13.4. The first-order valence-corrected chi connectivity index (χ1v) is 7.47. The van der Waals surface area contributed by atoms with Gasteiger partial charge >= 0.3 is 0 Å². The van der Waals surface area contributed by atoms with Crippen LogP contribution in [0.4, 0.5) is 0 Å². The van der Waals surface area contributed by atoms with Gasteiger partial charge in [0, 0.05) is 4.88 Å². The summed E-state index contributed by atoms with van der Waals surface area (Å²) in [5.74, 6) is 1.34. The Kier molecular flexibility index (Phi) is 3.94. The lowest BCUT2D eigenvalue weighted by Crippen LogP contribution is -1.96. The first-order valence-electron chi connectivity index (χ1n) is 6.18. The molecule has 0 saturated heterocycles. The third kappa shape index (κ3) is 2.79. The summed E-state index contributed by atoms with van der Waals surface area (Å²) in [6.45, 7) is 0. The van der Waals surface area contributed by atoms with Gasteiger partial charge in [-0.3, -0.25) is 0 Å². The average Bonchev–Trinajstić information content (AvgIpc) is 3.15. The second-order valence-corrected chi connectivity index (χ2v) is 5.49. The van der Waals surface area contributed by atoms with Crippen LogP contribution in [0.25, 0.3) is 11.4 Å². The lowest BCUT2D eigenvalue weighted by molar-refractivity contribution is 0.416. The highest BCUT2D eigenvalue weighted by Crippen LogP contribution is 2.28. The van der Waals surface area contributed by atoms with E-state index in [1.165, 1.54) is 0 Å². The largest absolute Gasteiger partial charge is 0.496 e. The normalized spacial score (nSPS) is 11.1. The second-order valence-electron chi connectivity index (χ2n) is 4.12. The van der Waals surface area contributed by atoms with Crippen LogP contribution in [-0.4, -0.2) is 28.2 Å². The highest BCUT2D eigenvalue weighted by molar-refractivity contribution is 7.71. The van der Waals surface area contributed by atoms with E-state index in [0.717, 1.165) is 16.2 Å². The topological polar surface area (TPSA) is 55.2 Å². The van der Waals surface area contributed by atoms with Crippen LogP contribution in [0, 0.1) is 4.77 Å². The monoisotopic (exact) mass is 316 g/mol. The van der Waals surface area contributed by atoms with E-state index in [2.05, 4.69) is 15.3 Å². The molecule has 0 bridgehead atoms. The minimum atomic E-state index is 0.434. The van der Waals surface area contributed by atoms with Crippen LogP contribution in [0.2, 0.25) is 0 Å². The standard InChI is InChI=1S/C14H12N4OS2/c1-19-12-7-3-2-6-11(12)13-16-17-14(20)18(13)15-9-10-5-4-8-21-10/h2-9H,1H3,(H,17,20)/b15-9+. The zero-order valence-electron chi connectivity index (χ0n) is 11.2. The number of aromatic amines is 1. The van der Waals surface area contributed by atoms with Crippen molar-refractivity contribution in [2.24, 2.45) is 5.10 Å². The number of aromatic nitrogens is 3. The van der Waals surface area contributed by atoms with Gasteiger partial charge in [-0.25, -0.2) is 5.10 Å². The van der Waals surface area contributed by atoms with Gasteiger partial charge in [-0.05, 0) is 35.8 Å². The van der Waals surface area contributed by atoms with Crippen LogP contribution < -0.4 is 4.74 Å². The number of nitrogens with zero attached hydrogens (tertiary/aromatic N) is 3. The summed E-state index contributed by atoms with van der Waals surface area (Å²) in [6, 6.07) is 11.6. The maximum Gasteiger partial charge on any atom is 0.216 e. The minimum Gasteiger partial charge on any atom is -0.496 e.